The number of nitrogens with zero attached hydrogens (tertiary/aromatic N) is 2. The number of hydrogen-bond donors (Lipinski definition) is 1. The zero-order valence-electron chi connectivity index (χ0n) is 12.2. The first-order valence-electron chi connectivity index (χ1n) is 7.77. The van der Waals surface area contributed by atoms with Crippen molar-refractivity contribution in [2.45, 2.75) is 38.0 Å². The molecule has 2 heterocycles. The quantitative estimate of drug-likeness (QED) is 0.922. The molecule has 21 heavy (non-hydrogen) atoms. The van der Waals surface area contributed by atoms with E-state index in [1.54, 1.807) is 0 Å². The third-order valence-corrected chi connectivity index (χ3v) is 4.71. The van der Waals surface area contributed by atoms with Crippen molar-refractivity contribution in [3.05, 3.63) is 35.4 Å². The molecule has 0 radical (unpaired) electrons. The van der Waals surface area contributed by atoms with Crippen LogP contribution in [0.3, 0.4) is 0 Å². The summed E-state index contributed by atoms with van der Waals surface area (Å²) in [5, 5.41) is 19.2. The lowest BCUT2D eigenvalue weighted by Crippen LogP contribution is -2.45. The third-order valence-electron chi connectivity index (χ3n) is 4.71. The van der Waals surface area contributed by atoms with E-state index in [1.807, 2.05) is 18.2 Å². The average molecular weight is 286 g/mol. The molecule has 3 rings (SSSR count). The van der Waals surface area contributed by atoms with Gasteiger partial charge in [-0.2, -0.15) is 5.26 Å². The average Bonchev–Trinajstić information content (AvgIpc) is 2.96. The molecule has 1 aromatic carbocycles. The Bertz CT molecular complexity index is 526. The second kappa shape index (κ2) is 6.57. The first-order valence-corrected chi connectivity index (χ1v) is 7.77. The number of likely N-dealkylation sites (tertiary alicyclic amines) is 1. The normalized spacial score (nSPS) is 30.2. The van der Waals surface area contributed by atoms with Gasteiger partial charge < -0.3 is 9.84 Å². The van der Waals surface area contributed by atoms with Crippen LogP contribution in [0.15, 0.2) is 24.3 Å². The van der Waals surface area contributed by atoms with E-state index in [4.69, 9.17) is 10.00 Å². The molecule has 2 saturated heterocycles. The Morgan fingerprint density at radius 2 is 2.29 bits per heavy atom. The minimum atomic E-state index is -0.241. The molecule has 112 valence electrons. The molecule has 0 bridgehead atoms. The van der Waals surface area contributed by atoms with Crippen molar-refractivity contribution in [3.63, 3.8) is 0 Å². The summed E-state index contributed by atoms with van der Waals surface area (Å²) in [5.74, 6) is 0.223. The number of hydrogen-bond acceptors (Lipinski definition) is 4. The Morgan fingerprint density at radius 1 is 1.38 bits per heavy atom. The molecule has 0 saturated carbocycles. The van der Waals surface area contributed by atoms with Gasteiger partial charge in [-0.3, -0.25) is 4.90 Å². The van der Waals surface area contributed by atoms with Crippen LogP contribution in [0, 0.1) is 17.2 Å². The highest BCUT2D eigenvalue weighted by atomic mass is 16.5. The Hall–Kier alpha value is -1.41. The largest absolute Gasteiger partial charge is 0.393 e. The summed E-state index contributed by atoms with van der Waals surface area (Å²) < 4.78 is 5.57. The fourth-order valence-corrected chi connectivity index (χ4v) is 3.62. The van der Waals surface area contributed by atoms with Crippen molar-refractivity contribution in [1.82, 2.24) is 4.90 Å². The number of ether oxygens (including phenoxy) is 1. The van der Waals surface area contributed by atoms with Gasteiger partial charge in [0.25, 0.3) is 0 Å². The highest BCUT2D eigenvalue weighted by Crippen LogP contribution is 2.31. The Morgan fingerprint density at radius 3 is 3.10 bits per heavy atom. The van der Waals surface area contributed by atoms with Crippen LogP contribution >= 0.6 is 0 Å². The first kappa shape index (κ1) is 14.5. The number of nitriles is 1. The SMILES string of the molecule is N#Cc1cccc(CN2CCC[C@@H]2[C@@H]2COCC[C@@H]2O)c1. The molecule has 0 aromatic heterocycles. The van der Waals surface area contributed by atoms with Crippen LogP contribution in [-0.2, 0) is 11.3 Å². The minimum Gasteiger partial charge on any atom is -0.393 e. The Kier molecular flexibility index (Phi) is 4.54. The van der Waals surface area contributed by atoms with Crippen LogP contribution < -0.4 is 0 Å². The van der Waals surface area contributed by atoms with E-state index < -0.39 is 0 Å². The lowest BCUT2D eigenvalue weighted by molar-refractivity contribution is -0.0636. The number of benzene rings is 1. The minimum absolute atomic E-state index is 0.223. The molecule has 4 heteroatoms. The third kappa shape index (κ3) is 3.26. The fraction of sp³-hybridized carbons (Fsp3) is 0.588. The molecule has 0 amide bonds. The van der Waals surface area contributed by atoms with E-state index >= 15 is 0 Å². The maximum absolute atomic E-state index is 10.2. The van der Waals surface area contributed by atoms with Gasteiger partial charge in [-0.05, 0) is 43.5 Å². The zero-order chi connectivity index (χ0) is 14.7. The predicted molar refractivity (Wildman–Crippen MR) is 79.5 cm³/mol. The van der Waals surface area contributed by atoms with Crippen molar-refractivity contribution in [2.75, 3.05) is 19.8 Å². The van der Waals surface area contributed by atoms with Gasteiger partial charge in [0.1, 0.15) is 0 Å². The maximum Gasteiger partial charge on any atom is 0.0991 e. The van der Waals surface area contributed by atoms with Crippen LogP contribution in [0.25, 0.3) is 0 Å². The number of aliphatic hydroxyl groups is 1. The summed E-state index contributed by atoms with van der Waals surface area (Å²) in [6, 6.07) is 10.4. The van der Waals surface area contributed by atoms with Gasteiger partial charge in [0.15, 0.2) is 0 Å². The fourth-order valence-electron chi connectivity index (χ4n) is 3.62. The summed E-state index contributed by atoms with van der Waals surface area (Å²) in [6.45, 7) is 3.25. The smallest absolute Gasteiger partial charge is 0.0991 e. The summed E-state index contributed by atoms with van der Waals surface area (Å²) >= 11 is 0. The van der Waals surface area contributed by atoms with Gasteiger partial charge in [-0.15, -0.1) is 0 Å². The summed E-state index contributed by atoms with van der Waals surface area (Å²) in [6.07, 6.45) is 2.81. The number of rotatable bonds is 3. The van der Waals surface area contributed by atoms with E-state index in [0.29, 0.717) is 24.8 Å². The molecule has 0 unspecified atom stereocenters. The molecule has 2 aliphatic rings. The lowest BCUT2D eigenvalue weighted by atomic mass is 9.89. The Balaban J connectivity index is 1.70. The molecule has 0 spiro atoms. The van der Waals surface area contributed by atoms with Gasteiger partial charge >= 0.3 is 0 Å². The first-order chi connectivity index (χ1) is 10.3. The van der Waals surface area contributed by atoms with Gasteiger partial charge in [-0.25, -0.2) is 0 Å². The summed E-state index contributed by atoms with van der Waals surface area (Å²) in [7, 11) is 0. The number of aliphatic hydroxyl groups excluding tert-OH is 1. The second-order valence-corrected chi connectivity index (χ2v) is 6.09. The Labute approximate surface area is 125 Å². The topological polar surface area (TPSA) is 56.5 Å². The highest BCUT2D eigenvalue weighted by Gasteiger charge is 2.37. The van der Waals surface area contributed by atoms with Crippen molar-refractivity contribution < 1.29 is 9.84 Å². The van der Waals surface area contributed by atoms with Crippen LogP contribution in [0.1, 0.15) is 30.4 Å². The van der Waals surface area contributed by atoms with E-state index in [-0.39, 0.29) is 12.0 Å². The molecular weight excluding hydrogens is 264 g/mol. The highest BCUT2D eigenvalue weighted by molar-refractivity contribution is 5.32. The van der Waals surface area contributed by atoms with Gasteiger partial charge in [0, 0.05) is 25.1 Å². The molecule has 1 aromatic rings. The van der Waals surface area contributed by atoms with Crippen LogP contribution in [0.2, 0.25) is 0 Å². The van der Waals surface area contributed by atoms with Crippen molar-refractivity contribution in [1.29, 1.82) is 5.26 Å². The molecule has 2 fully saturated rings. The molecule has 0 aliphatic carbocycles. The maximum atomic E-state index is 10.2. The van der Waals surface area contributed by atoms with E-state index in [0.717, 1.165) is 25.9 Å². The monoisotopic (exact) mass is 286 g/mol. The van der Waals surface area contributed by atoms with Crippen LogP contribution in [-0.4, -0.2) is 41.9 Å². The van der Waals surface area contributed by atoms with Gasteiger partial charge in [0.2, 0.25) is 0 Å². The molecule has 2 aliphatic heterocycles. The van der Waals surface area contributed by atoms with E-state index in [9.17, 15) is 5.11 Å². The molecule has 1 N–H and O–H groups in total. The van der Waals surface area contributed by atoms with Gasteiger partial charge in [-0.1, -0.05) is 12.1 Å². The van der Waals surface area contributed by atoms with Crippen LogP contribution in [0.4, 0.5) is 0 Å². The lowest BCUT2D eigenvalue weighted by Gasteiger charge is -2.37. The standard InChI is InChI=1S/C17H22N2O2/c18-10-13-3-1-4-14(9-13)11-19-7-2-5-16(19)15-12-21-8-6-17(15)20/h1,3-4,9,15-17,20H,2,5-8,11-12H2/t15-,16+,17-/m0/s1. The van der Waals surface area contributed by atoms with E-state index in [1.165, 1.54) is 12.0 Å². The summed E-state index contributed by atoms with van der Waals surface area (Å²) in [4.78, 5) is 2.44. The van der Waals surface area contributed by atoms with Crippen molar-refractivity contribution in [2.24, 2.45) is 5.92 Å². The second-order valence-electron chi connectivity index (χ2n) is 6.09. The molecular formula is C17H22N2O2. The zero-order valence-corrected chi connectivity index (χ0v) is 12.2. The van der Waals surface area contributed by atoms with E-state index in [2.05, 4.69) is 17.0 Å². The van der Waals surface area contributed by atoms with Gasteiger partial charge in [0.05, 0.1) is 24.3 Å². The molecule has 4 nitrogen and oxygen atoms in total. The van der Waals surface area contributed by atoms with Crippen LogP contribution in [0.5, 0.6) is 0 Å². The molecule has 3 atom stereocenters. The van der Waals surface area contributed by atoms with Crippen molar-refractivity contribution >= 4 is 0 Å². The predicted octanol–water partition coefficient (Wildman–Crippen LogP) is 1.92. The van der Waals surface area contributed by atoms with Crippen molar-refractivity contribution in [3.8, 4) is 6.07 Å². The summed E-state index contributed by atoms with van der Waals surface area (Å²) in [5.41, 5.74) is 1.89.